The molecule has 2 nitrogen and oxygen atoms in total. The second kappa shape index (κ2) is 8.84. The van der Waals surface area contributed by atoms with E-state index in [1.54, 1.807) is 0 Å². The van der Waals surface area contributed by atoms with E-state index in [0.29, 0.717) is 12.7 Å². The van der Waals surface area contributed by atoms with Crippen LogP contribution in [0.4, 0.5) is 0 Å². The first kappa shape index (κ1) is 16.0. The number of rotatable bonds is 3. The van der Waals surface area contributed by atoms with Gasteiger partial charge in [-0.25, -0.2) is 0 Å². The molecular formula is C18H32O2. The van der Waals surface area contributed by atoms with E-state index in [1.807, 2.05) is 6.08 Å². The molecule has 0 radical (unpaired) electrons. The standard InChI is InChI=1S/C18H32O2/c1-2-14-19-17-15-18(20-16-17)12-10-8-6-4-3-5-7-9-11-13-18/h2,17H,1,3-16H2. The van der Waals surface area contributed by atoms with Crippen LogP contribution in [-0.2, 0) is 9.47 Å². The molecule has 2 rings (SSSR count). The maximum absolute atomic E-state index is 6.24. The molecule has 0 aromatic rings. The van der Waals surface area contributed by atoms with E-state index < -0.39 is 0 Å². The average molecular weight is 280 g/mol. The van der Waals surface area contributed by atoms with E-state index >= 15 is 0 Å². The predicted octanol–water partition coefficient (Wildman–Crippen LogP) is 5.02. The summed E-state index contributed by atoms with van der Waals surface area (Å²) in [5.41, 5.74) is 0.130. The zero-order valence-corrected chi connectivity index (χ0v) is 13.1. The average Bonchev–Trinajstić information content (AvgIpc) is 2.85. The van der Waals surface area contributed by atoms with Crippen molar-refractivity contribution in [2.45, 2.75) is 88.8 Å². The van der Waals surface area contributed by atoms with Gasteiger partial charge in [-0.15, -0.1) is 6.58 Å². The van der Waals surface area contributed by atoms with Gasteiger partial charge in [-0.3, -0.25) is 0 Å². The second-order valence-electron chi connectivity index (χ2n) is 6.62. The van der Waals surface area contributed by atoms with Crippen LogP contribution < -0.4 is 0 Å². The monoisotopic (exact) mass is 280 g/mol. The molecule has 0 N–H and O–H groups in total. The van der Waals surface area contributed by atoms with Crippen molar-refractivity contribution in [1.29, 1.82) is 0 Å². The molecule has 0 aromatic carbocycles. The molecule has 2 aliphatic rings. The molecule has 1 spiro atoms. The number of ether oxygens (including phenoxy) is 2. The smallest absolute Gasteiger partial charge is 0.0840 e. The molecule has 2 fully saturated rings. The molecule has 1 unspecified atom stereocenters. The molecule has 1 saturated carbocycles. The largest absolute Gasteiger partial charge is 0.372 e. The number of hydrogen-bond acceptors (Lipinski definition) is 2. The van der Waals surface area contributed by atoms with E-state index in [1.165, 1.54) is 70.6 Å². The Labute approximate surface area is 124 Å². The van der Waals surface area contributed by atoms with Gasteiger partial charge in [0.25, 0.3) is 0 Å². The molecule has 1 atom stereocenters. The fourth-order valence-electron chi connectivity index (χ4n) is 3.72. The molecule has 0 aromatic heterocycles. The lowest BCUT2D eigenvalue weighted by atomic mass is 9.86. The van der Waals surface area contributed by atoms with E-state index in [0.717, 1.165) is 13.0 Å². The van der Waals surface area contributed by atoms with E-state index in [4.69, 9.17) is 9.47 Å². The van der Waals surface area contributed by atoms with E-state index in [-0.39, 0.29) is 5.60 Å². The highest BCUT2D eigenvalue weighted by molar-refractivity contribution is 4.90. The quantitative estimate of drug-likeness (QED) is 0.676. The van der Waals surface area contributed by atoms with Gasteiger partial charge in [-0.2, -0.15) is 0 Å². The Hall–Kier alpha value is -0.340. The van der Waals surface area contributed by atoms with Crippen LogP contribution >= 0.6 is 0 Å². The maximum atomic E-state index is 6.24. The van der Waals surface area contributed by atoms with Crippen molar-refractivity contribution >= 4 is 0 Å². The fourth-order valence-corrected chi connectivity index (χ4v) is 3.72. The molecule has 116 valence electrons. The van der Waals surface area contributed by atoms with Gasteiger partial charge in [0, 0.05) is 6.42 Å². The van der Waals surface area contributed by atoms with Gasteiger partial charge in [0.15, 0.2) is 0 Å². The Morgan fingerprint density at radius 2 is 1.50 bits per heavy atom. The van der Waals surface area contributed by atoms with Gasteiger partial charge in [0.05, 0.1) is 24.9 Å². The Kier molecular flexibility index (Phi) is 7.09. The van der Waals surface area contributed by atoms with Crippen molar-refractivity contribution in [3.05, 3.63) is 12.7 Å². The van der Waals surface area contributed by atoms with E-state index in [9.17, 15) is 0 Å². The Morgan fingerprint density at radius 1 is 0.950 bits per heavy atom. The molecule has 0 bridgehead atoms. The Balaban J connectivity index is 1.83. The lowest BCUT2D eigenvalue weighted by Crippen LogP contribution is -2.28. The fraction of sp³-hybridized carbons (Fsp3) is 0.889. The topological polar surface area (TPSA) is 18.5 Å². The van der Waals surface area contributed by atoms with Crippen molar-refractivity contribution in [3.63, 3.8) is 0 Å². The number of hydrogen-bond donors (Lipinski definition) is 0. The van der Waals surface area contributed by atoms with Crippen LogP contribution in [0.1, 0.15) is 77.0 Å². The van der Waals surface area contributed by atoms with Crippen LogP contribution in [0.2, 0.25) is 0 Å². The maximum Gasteiger partial charge on any atom is 0.0840 e. The summed E-state index contributed by atoms with van der Waals surface area (Å²) in [6, 6.07) is 0. The minimum atomic E-state index is 0.130. The predicted molar refractivity (Wildman–Crippen MR) is 84.0 cm³/mol. The molecule has 1 aliphatic carbocycles. The summed E-state index contributed by atoms with van der Waals surface area (Å²) in [7, 11) is 0. The van der Waals surface area contributed by atoms with Gasteiger partial charge in [-0.05, 0) is 12.8 Å². The minimum Gasteiger partial charge on any atom is -0.372 e. The molecule has 1 heterocycles. The Bertz CT molecular complexity index is 263. The summed E-state index contributed by atoms with van der Waals surface area (Å²) in [6.45, 7) is 5.17. The molecular weight excluding hydrogens is 248 g/mol. The van der Waals surface area contributed by atoms with Crippen LogP contribution in [0.25, 0.3) is 0 Å². The van der Waals surface area contributed by atoms with Crippen molar-refractivity contribution in [2.75, 3.05) is 13.2 Å². The van der Waals surface area contributed by atoms with Crippen LogP contribution in [0.3, 0.4) is 0 Å². The summed E-state index contributed by atoms with van der Waals surface area (Å²) in [4.78, 5) is 0. The highest BCUT2D eigenvalue weighted by Gasteiger charge is 2.39. The molecule has 0 amide bonds. The summed E-state index contributed by atoms with van der Waals surface area (Å²) < 4.78 is 12.0. The summed E-state index contributed by atoms with van der Waals surface area (Å²) >= 11 is 0. The first-order chi connectivity index (χ1) is 9.85. The van der Waals surface area contributed by atoms with Crippen molar-refractivity contribution < 1.29 is 9.47 Å². The van der Waals surface area contributed by atoms with Crippen LogP contribution in [0.15, 0.2) is 12.7 Å². The second-order valence-corrected chi connectivity index (χ2v) is 6.62. The highest BCUT2D eigenvalue weighted by Crippen LogP contribution is 2.37. The lowest BCUT2D eigenvalue weighted by molar-refractivity contribution is -0.0176. The molecule has 20 heavy (non-hydrogen) atoms. The third-order valence-corrected chi connectivity index (χ3v) is 4.89. The zero-order valence-electron chi connectivity index (χ0n) is 13.1. The van der Waals surface area contributed by atoms with Gasteiger partial charge in [0.2, 0.25) is 0 Å². The molecule has 1 saturated heterocycles. The summed E-state index contributed by atoms with van der Waals surface area (Å²) in [6.07, 6.45) is 18.2. The summed E-state index contributed by atoms with van der Waals surface area (Å²) in [5, 5.41) is 0. The highest BCUT2D eigenvalue weighted by atomic mass is 16.6. The van der Waals surface area contributed by atoms with Crippen molar-refractivity contribution in [2.24, 2.45) is 0 Å². The van der Waals surface area contributed by atoms with Crippen LogP contribution in [-0.4, -0.2) is 24.9 Å². The Morgan fingerprint density at radius 3 is 2.05 bits per heavy atom. The van der Waals surface area contributed by atoms with Crippen LogP contribution in [0.5, 0.6) is 0 Å². The third kappa shape index (κ3) is 5.21. The van der Waals surface area contributed by atoms with Crippen molar-refractivity contribution in [1.82, 2.24) is 0 Å². The van der Waals surface area contributed by atoms with E-state index in [2.05, 4.69) is 6.58 Å². The minimum absolute atomic E-state index is 0.130. The zero-order chi connectivity index (χ0) is 14.1. The van der Waals surface area contributed by atoms with Gasteiger partial charge < -0.3 is 9.47 Å². The lowest BCUT2D eigenvalue weighted by Gasteiger charge is -2.29. The molecule has 2 heteroatoms. The first-order valence-corrected chi connectivity index (χ1v) is 8.71. The summed E-state index contributed by atoms with van der Waals surface area (Å²) in [5.74, 6) is 0. The van der Waals surface area contributed by atoms with Crippen LogP contribution in [0, 0.1) is 0 Å². The normalized spacial score (nSPS) is 28.7. The SMILES string of the molecule is C=CCOC1COC2(CCCCCCCCCCC2)C1. The first-order valence-electron chi connectivity index (χ1n) is 8.71. The van der Waals surface area contributed by atoms with Gasteiger partial charge in [-0.1, -0.05) is 63.9 Å². The van der Waals surface area contributed by atoms with Gasteiger partial charge >= 0.3 is 0 Å². The van der Waals surface area contributed by atoms with Gasteiger partial charge in [0.1, 0.15) is 0 Å². The van der Waals surface area contributed by atoms with Crippen molar-refractivity contribution in [3.8, 4) is 0 Å². The third-order valence-electron chi connectivity index (χ3n) is 4.89. The molecule has 1 aliphatic heterocycles.